The van der Waals surface area contributed by atoms with Gasteiger partial charge in [0, 0.05) is 25.7 Å². The molecular weight excluding hydrogens is 180 g/mol. The van der Waals surface area contributed by atoms with Crippen molar-refractivity contribution in [3.05, 3.63) is 0 Å². The SMILES string of the molecule is CN(CCNCC(N)C(N)=O)C1CC1. The number of hydrogen-bond donors (Lipinski definition) is 3. The fourth-order valence-electron chi connectivity index (χ4n) is 1.31. The smallest absolute Gasteiger partial charge is 0.235 e. The van der Waals surface area contributed by atoms with E-state index in [1.807, 2.05) is 0 Å². The first-order valence-electron chi connectivity index (χ1n) is 5.07. The van der Waals surface area contributed by atoms with Gasteiger partial charge in [-0.3, -0.25) is 4.79 Å². The Bertz CT molecular complexity index is 193. The van der Waals surface area contributed by atoms with Crippen LogP contribution < -0.4 is 16.8 Å². The Morgan fingerprint density at radius 1 is 1.64 bits per heavy atom. The standard InChI is InChI=1S/C9H20N4O/c1-13(7-2-3-7)5-4-12-6-8(10)9(11)14/h7-8,12H,2-6,10H2,1H3,(H2,11,14). The van der Waals surface area contributed by atoms with Crippen molar-refractivity contribution in [3.63, 3.8) is 0 Å². The average Bonchev–Trinajstić information content (AvgIpc) is 2.94. The van der Waals surface area contributed by atoms with Crippen LogP contribution >= 0.6 is 0 Å². The highest BCUT2D eigenvalue weighted by Gasteiger charge is 2.25. The van der Waals surface area contributed by atoms with E-state index in [9.17, 15) is 4.79 Å². The molecule has 0 aromatic carbocycles. The number of nitrogens with two attached hydrogens (primary N) is 2. The Balaban J connectivity index is 1.95. The predicted octanol–water partition coefficient (Wildman–Crippen LogP) is -1.52. The Morgan fingerprint density at radius 3 is 2.79 bits per heavy atom. The second-order valence-corrected chi connectivity index (χ2v) is 3.92. The van der Waals surface area contributed by atoms with E-state index in [0.29, 0.717) is 6.54 Å². The van der Waals surface area contributed by atoms with Gasteiger partial charge in [-0.25, -0.2) is 0 Å². The first kappa shape index (κ1) is 11.4. The van der Waals surface area contributed by atoms with Gasteiger partial charge in [0.1, 0.15) is 0 Å². The molecule has 1 fully saturated rings. The molecule has 0 heterocycles. The lowest BCUT2D eigenvalue weighted by molar-refractivity contribution is -0.119. The number of nitrogens with zero attached hydrogens (tertiary/aromatic N) is 1. The van der Waals surface area contributed by atoms with E-state index in [0.717, 1.165) is 19.1 Å². The molecule has 5 nitrogen and oxygen atoms in total. The zero-order valence-corrected chi connectivity index (χ0v) is 8.70. The Morgan fingerprint density at radius 2 is 2.29 bits per heavy atom. The lowest BCUT2D eigenvalue weighted by atomic mass is 10.3. The molecule has 1 aliphatic rings. The molecule has 0 aromatic heterocycles. The number of rotatable bonds is 7. The molecule has 1 aliphatic carbocycles. The van der Waals surface area contributed by atoms with Crippen LogP contribution in [0.1, 0.15) is 12.8 Å². The monoisotopic (exact) mass is 200 g/mol. The third-order valence-electron chi connectivity index (χ3n) is 2.54. The summed E-state index contributed by atoms with van der Waals surface area (Å²) >= 11 is 0. The molecule has 1 unspecified atom stereocenters. The van der Waals surface area contributed by atoms with Crippen molar-refractivity contribution in [1.29, 1.82) is 0 Å². The summed E-state index contributed by atoms with van der Waals surface area (Å²) in [5.74, 6) is -0.451. The van der Waals surface area contributed by atoms with Crippen LogP contribution in [-0.2, 0) is 4.79 Å². The summed E-state index contributed by atoms with van der Waals surface area (Å²) in [5.41, 5.74) is 10.5. The summed E-state index contributed by atoms with van der Waals surface area (Å²) < 4.78 is 0. The second-order valence-electron chi connectivity index (χ2n) is 3.92. The van der Waals surface area contributed by atoms with Crippen LogP contribution in [0.2, 0.25) is 0 Å². The zero-order valence-electron chi connectivity index (χ0n) is 8.70. The molecule has 1 saturated carbocycles. The maximum Gasteiger partial charge on any atom is 0.235 e. The highest BCUT2D eigenvalue weighted by molar-refractivity contribution is 5.79. The molecule has 1 amide bonds. The Labute approximate surface area is 84.8 Å². The van der Waals surface area contributed by atoms with Gasteiger partial charge in [0.2, 0.25) is 5.91 Å². The van der Waals surface area contributed by atoms with Gasteiger partial charge in [-0.15, -0.1) is 0 Å². The molecule has 1 atom stereocenters. The van der Waals surface area contributed by atoms with Crippen molar-refractivity contribution in [2.45, 2.75) is 24.9 Å². The predicted molar refractivity (Wildman–Crippen MR) is 55.7 cm³/mol. The molecule has 0 radical (unpaired) electrons. The van der Waals surface area contributed by atoms with Gasteiger partial charge in [-0.1, -0.05) is 0 Å². The van der Waals surface area contributed by atoms with Crippen LogP contribution in [0, 0.1) is 0 Å². The molecule has 0 aliphatic heterocycles. The lowest BCUT2D eigenvalue weighted by Gasteiger charge is -2.16. The number of carbonyl (C=O) groups is 1. The molecule has 0 aromatic rings. The molecule has 82 valence electrons. The third-order valence-corrected chi connectivity index (χ3v) is 2.54. The van der Waals surface area contributed by atoms with Gasteiger partial charge in [0.15, 0.2) is 0 Å². The second kappa shape index (κ2) is 5.29. The van der Waals surface area contributed by atoms with E-state index < -0.39 is 11.9 Å². The molecule has 0 saturated heterocycles. The van der Waals surface area contributed by atoms with Gasteiger partial charge in [0.25, 0.3) is 0 Å². The summed E-state index contributed by atoms with van der Waals surface area (Å²) in [5, 5.41) is 3.11. The van der Waals surface area contributed by atoms with E-state index in [2.05, 4.69) is 17.3 Å². The fraction of sp³-hybridized carbons (Fsp3) is 0.889. The molecule has 1 rings (SSSR count). The minimum Gasteiger partial charge on any atom is -0.368 e. The van der Waals surface area contributed by atoms with Crippen LogP contribution in [0.4, 0.5) is 0 Å². The van der Waals surface area contributed by atoms with Gasteiger partial charge >= 0.3 is 0 Å². The molecule has 0 spiro atoms. The Hall–Kier alpha value is -0.650. The van der Waals surface area contributed by atoms with Gasteiger partial charge in [-0.2, -0.15) is 0 Å². The number of nitrogens with one attached hydrogen (secondary N) is 1. The van der Waals surface area contributed by atoms with Crippen LogP contribution in [0.5, 0.6) is 0 Å². The van der Waals surface area contributed by atoms with E-state index >= 15 is 0 Å². The number of amides is 1. The van der Waals surface area contributed by atoms with Crippen molar-refractivity contribution in [2.24, 2.45) is 11.5 Å². The largest absolute Gasteiger partial charge is 0.368 e. The summed E-state index contributed by atoms with van der Waals surface area (Å²) in [4.78, 5) is 12.9. The van der Waals surface area contributed by atoms with Crippen molar-refractivity contribution >= 4 is 5.91 Å². The van der Waals surface area contributed by atoms with E-state index in [1.165, 1.54) is 12.8 Å². The first-order chi connectivity index (χ1) is 6.61. The van der Waals surface area contributed by atoms with Crippen LogP contribution in [0.15, 0.2) is 0 Å². The maximum atomic E-state index is 10.6. The third kappa shape index (κ3) is 4.04. The van der Waals surface area contributed by atoms with E-state index in [-0.39, 0.29) is 0 Å². The molecule has 5 N–H and O–H groups in total. The molecular formula is C9H20N4O. The van der Waals surface area contributed by atoms with Crippen LogP contribution in [-0.4, -0.2) is 49.6 Å². The zero-order chi connectivity index (χ0) is 10.6. The van der Waals surface area contributed by atoms with Crippen molar-refractivity contribution in [3.8, 4) is 0 Å². The topological polar surface area (TPSA) is 84.4 Å². The first-order valence-corrected chi connectivity index (χ1v) is 5.07. The Kier molecular flexibility index (Phi) is 4.31. The van der Waals surface area contributed by atoms with E-state index in [1.54, 1.807) is 0 Å². The van der Waals surface area contributed by atoms with Crippen LogP contribution in [0.25, 0.3) is 0 Å². The minimum atomic E-state index is -0.568. The van der Waals surface area contributed by atoms with Gasteiger partial charge in [-0.05, 0) is 19.9 Å². The summed E-state index contributed by atoms with van der Waals surface area (Å²) in [7, 11) is 2.12. The normalized spacial score (nSPS) is 18.5. The summed E-state index contributed by atoms with van der Waals surface area (Å²) in [6, 6.07) is 0.211. The maximum absolute atomic E-state index is 10.6. The van der Waals surface area contributed by atoms with Crippen molar-refractivity contribution in [1.82, 2.24) is 10.2 Å². The van der Waals surface area contributed by atoms with Crippen molar-refractivity contribution < 1.29 is 4.79 Å². The minimum absolute atomic E-state index is 0.451. The highest BCUT2D eigenvalue weighted by atomic mass is 16.1. The number of likely N-dealkylation sites (N-methyl/N-ethyl adjacent to an activating group) is 1. The van der Waals surface area contributed by atoms with E-state index in [4.69, 9.17) is 11.5 Å². The quantitative estimate of drug-likeness (QED) is 0.436. The molecule has 0 bridgehead atoms. The lowest BCUT2D eigenvalue weighted by Crippen LogP contribution is -2.45. The number of carbonyl (C=O) groups excluding carboxylic acids is 1. The summed E-state index contributed by atoms with van der Waals surface area (Å²) in [6.07, 6.45) is 2.63. The van der Waals surface area contributed by atoms with Crippen molar-refractivity contribution in [2.75, 3.05) is 26.7 Å². The summed E-state index contributed by atoms with van der Waals surface area (Å²) in [6.45, 7) is 2.32. The fourth-order valence-corrected chi connectivity index (χ4v) is 1.31. The number of primary amides is 1. The average molecular weight is 200 g/mol. The molecule has 14 heavy (non-hydrogen) atoms. The highest BCUT2D eigenvalue weighted by Crippen LogP contribution is 2.24. The number of hydrogen-bond acceptors (Lipinski definition) is 4. The molecule has 5 heteroatoms. The van der Waals surface area contributed by atoms with Crippen LogP contribution in [0.3, 0.4) is 0 Å². The van der Waals surface area contributed by atoms with Gasteiger partial charge < -0.3 is 21.7 Å². The van der Waals surface area contributed by atoms with Gasteiger partial charge in [0.05, 0.1) is 6.04 Å².